The maximum absolute atomic E-state index is 13.5. The van der Waals surface area contributed by atoms with Crippen molar-refractivity contribution in [3.8, 4) is 0 Å². The maximum Gasteiger partial charge on any atom is 0.282 e. The first-order valence-corrected chi connectivity index (χ1v) is 7.57. The maximum atomic E-state index is 13.5. The van der Waals surface area contributed by atoms with E-state index >= 15 is 0 Å². The first-order valence-electron chi connectivity index (χ1n) is 6.17. The smallest absolute Gasteiger partial charge is 0.282 e. The molecule has 1 N–H and O–H groups in total. The monoisotopic (exact) mass is 287 g/mol. The summed E-state index contributed by atoms with van der Waals surface area (Å²) in [6.45, 7) is 2.23. The van der Waals surface area contributed by atoms with Crippen LogP contribution in [-0.4, -0.2) is 50.3 Å². The lowest BCUT2D eigenvalue weighted by Crippen LogP contribution is -2.50. The van der Waals surface area contributed by atoms with Crippen molar-refractivity contribution in [2.24, 2.45) is 0 Å². The Morgan fingerprint density at radius 3 is 2.58 bits per heavy atom. The van der Waals surface area contributed by atoms with Crippen molar-refractivity contribution in [2.75, 3.05) is 33.2 Å². The van der Waals surface area contributed by atoms with Crippen LogP contribution in [0.5, 0.6) is 0 Å². The molecule has 5 nitrogen and oxygen atoms in total. The largest absolute Gasteiger partial charge is 0.314 e. The second-order valence-corrected chi connectivity index (χ2v) is 6.54. The van der Waals surface area contributed by atoms with E-state index in [1.165, 1.54) is 21.7 Å². The quantitative estimate of drug-likeness (QED) is 0.872. The summed E-state index contributed by atoms with van der Waals surface area (Å²) in [5.74, 6) is -0.384. The fourth-order valence-electron chi connectivity index (χ4n) is 2.02. The fraction of sp³-hybridized carbons (Fsp3) is 0.500. The van der Waals surface area contributed by atoms with Crippen LogP contribution in [0.3, 0.4) is 0 Å². The van der Waals surface area contributed by atoms with Gasteiger partial charge in [0.05, 0.1) is 0 Å². The summed E-state index contributed by atoms with van der Waals surface area (Å²) in [5.41, 5.74) is 0.378. The molecular weight excluding hydrogens is 269 g/mol. The van der Waals surface area contributed by atoms with Crippen LogP contribution in [0, 0.1) is 5.82 Å². The van der Waals surface area contributed by atoms with Gasteiger partial charge in [0.15, 0.2) is 0 Å². The zero-order valence-electron chi connectivity index (χ0n) is 10.8. The molecule has 0 atom stereocenters. The molecule has 0 saturated carbocycles. The van der Waals surface area contributed by atoms with E-state index in [0.29, 0.717) is 31.7 Å². The minimum absolute atomic E-state index is 0.0406. The average Bonchev–Trinajstić information content (AvgIpc) is 2.42. The predicted molar refractivity (Wildman–Crippen MR) is 71.2 cm³/mol. The molecule has 0 aromatic heterocycles. The number of benzene rings is 1. The number of nitrogens with one attached hydrogen (secondary N) is 1. The second kappa shape index (κ2) is 5.96. The van der Waals surface area contributed by atoms with Gasteiger partial charge in [-0.05, 0) is 6.07 Å². The van der Waals surface area contributed by atoms with Crippen molar-refractivity contribution in [3.63, 3.8) is 0 Å². The Bertz CT molecular complexity index is 530. The summed E-state index contributed by atoms with van der Waals surface area (Å²) in [5, 5.41) is 3.10. The van der Waals surface area contributed by atoms with E-state index in [1.807, 2.05) is 0 Å². The molecule has 1 heterocycles. The SMILES string of the molecule is CN(Cc1ccccc1F)S(=O)(=O)N1CCNCC1. The van der Waals surface area contributed by atoms with E-state index in [9.17, 15) is 12.8 Å². The minimum Gasteiger partial charge on any atom is -0.314 e. The van der Waals surface area contributed by atoms with Gasteiger partial charge in [-0.2, -0.15) is 17.0 Å². The van der Waals surface area contributed by atoms with Gasteiger partial charge in [0.1, 0.15) is 5.82 Å². The summed E-state index contributed by atoms with van der Waals surface area (Å²) >= 11 is 0. The summed E-state index contributed by atoms with van der Waals surface area (Å²) in [7, 11) is -2.04. The highest BCUT2D eigenvalue weighted by atomic mass is 32.2. The molecule has 2 rings (SSSR count). The summed E-state index contributed by atoms with van der Waals surface area (Å²) in [6.07, 6.45) is 0. The summed E-state index contributed by atoms with van der Waals surface area (Å²) < 4.78 is 40.8. The molecule has 0 radical (unpaired) electrons. The van der Waals surface area contributed by atoms with Gasteiger partial charge in [0.2, 0.25) is 0 Å². The highest BCUT2D eigenvalue weighted by Gasteiger charge is 2.28. The molecule has 1 aliphatic rings. The van der Waals surface area contributed by atoms with Crippen LogP contribution in [0.4, 0.5) is 4.39 Å². The van der Waals surface area contributed by atoms with E-state index in [1.54, 1.807) is 18.2 Å². The Morgan fingerprint density at radius 1 is 1.32 bits per heavy atom. The molecule has 0 aliphatic carbocycles. The van der Waals surface area contributed by atoms with E-state index in [-0.39, 0.29) is 12.4 Å². The van der Waals surface area contributed by atoms with Crippen LogP contribution in [0.2, 0.25) is 0 Å². The van der Waals surface area contributed by atoms with Gasteiger partial charge < -0.3 is 5.32 Å². The van der Waals surface area contributed by atoms with Crippen molar-refractivity contribution in [1.82, 2.24) is 13.9 Å². The Balaban J connectivity index is 2.10. The Morgan fingerprint density at radius 2 is 1.95 bits per heavy atom. The molecule has 0 amide bonds. The van der Waals surface area contributed by atoms with Crippen LogP contribution < -0.4 is 5.32 Å². The minimum atomic E-state index is -3.52. The molecular formula is C12H18FN3O2S. The molecule has 0 bridgehead atoms. The highest BCUT2D eigenvalue weighted by molar-refractivity contribution is 7.86. The van der Waals surface area contributed by atoms with Crippen molar-refractivity contribution in [1.29, 1.82) is 0 Å². The third-order valence-electron chi connectivity index (χ3n) is 3.15. The Labute approximate surface area is 113 Å². The topological polar surface area (TPSA) is 52.7 Å². The lowest BCUT2D eigenvalue weighted by molar-refractivity contribution is 0.323. The lowest BCUT2D eigenvalue weighted by Gasteiger charge is -2.30. The molecule has 1 aliphatic heterocycles. The summed E-state index contributed by atoms with van der Waals surface area (Å²) in [4.78, 5) is 0. The number of rotatable bonds is 4. The van der Waals surface area contributed by atoms with Crippen molar-refractivity contribution >= 4 is 10.2 Å². The molecule has 1 aromatic rings. The predicted octanol–water partition coefficient (Wildman–Crippen LogP) is 0.408. The Hall–Kier alpha value is -1.02. The number of hydrogen-bond donors (Lipinski definition) is 1. The molecule has 0 unspecified atom stereocenters. The van der Waals surface area contributed by atoms with Crippen LogP contribution in [0.15, 0.2) is 24.3 Å². The average molecular weight is 287 g/mol. The number of nitrogens with zero attached hydrogens (tertiary/aromatic N) is 2. The normalized spacial score (nSPS) is 17.8. The Kier molecular flexibility index (Phi) is 4.51. The second-order valence-electron chi connectivity index (χ2n) is 4.50. The van der Waals surface area contributed by atoms with Gasteiger partial charge in [-0.1, -0.05) is 18.2 Å². The molecule has 1 aromatic carbocycles. The summed E-state index contributed by atoms with van der Waals surface area (Å²) in [6, 6.07) is 6.22. The van der Waals surface area contributed by atoms with E-state index in [4.69, 9.17) is 0 Å². The van der Waals surface area contributed by atoms with E-state index in [2.05, 4.69) is 5.32 Å². The zero-order valence-corrected chi connectivity index (χ0v) is 11.7. The standard InChI is InChI=1S/C12H18FN3O2S/c1-15(10-11-4-2-3-5-12(11)13)19(17,18)16-8-6-14-7-9-16/h2-5,14H,6-10H2,1H3. The molecule has 106 valence electrons. The molecule has 7 heteroatoms. The third-order valence-corrected chi connectivity index (χ3v) is 5.08. The third kappa shape index (κ3) is 3.30. The van der Waals surface area contributed by atoms with Crippen molar-refractivity contribution in [3.05, 3.63) is 35.6 Å². The van der Waals surface area contributed by atoms with E-state index in [0.717, 1.165) is 0 Å². The van der Waals surface area contributed by atoms with Crippen LogP contribution in [0.1, 0.15) is 5.56 Å². The first-order chi connectivity index (χ1) is 9.01. The van der Waals surface area contributed by atoms with Gasteiger partial charge >= 0.3 is 0 Å². The fourth-order valence-corrected chi connectivity index (χ4v) is 3.36. The van der Waals surface area contributed by atoms with Crippen molar-refractivity contribution < 1.29 is 12.8 Å². The molecule has 0 spiro atoms. The number of piperazine rings is 1. The van der Waals surface area contributed by atoms with Gasteiger partial charge in [-0.25, -0.2) is 4.39 Å². The number of hydrogen-bond acceptors (Lipinski definition) is 3. The van der Waals surface area contributed by atoms with Gasteiger partial charge in [-0.3, -0.25) is 0 Å². The zero-order chi connectivity index (χ0) is 13.9. The van der Waals surface area contributed by atoms with Crippen LogP contribution in [-0.2, 0) is 16.8 Å². The molecule has 19 heavy (non-hydrogen) atoms. The first kappa shape index (κ1) is 14.4. The molecule has 1 fully saturated rings. The number of halogens is 1. The molecule has 1 saturated heterocycles. The van der Waals surface area contributed by atoms with E-state index < -0.39 is 10.2 Å². The van der Waals surface area contributed by atoms with Gasteiger partial charge in [-0.15, -0.1) is 0 Å². The van der Waals surface area contributed by atoms with Crippen molar-refractivity contribution in [2.45, 2.75) is 6.54 Å². The lowest BCUT2D eigenvalue weighted by atomic mass is 10.2. The van der Waals surface area contributed by atoms with Crippen LogP contribution in [0.25, 0.3) is 0 Å². The van der Waals surface area contributed by atoms with Crippen LogP contribution >= 0.6 is 0 Å². The van der Waals surface area contributed by atoms with Gasteiger partial charge in [0, 0.05) is 45.3 Å². The highest BCUT2D eigenvalue weighted by Crippen LogP contribution is 2.14. The van der Waals surface area contributed by atoms with Gasteiger partial charge in [0.25, 0.3) is 10.2 Å².